The second-order valence-corrected chi connectivity index (χ2v) is 21.5. The minimum absolute atomic E-state index is 0. The van der Waals surface area contributed by atoms with Crippen LogP contribution < -0.4 is 0 Å². The van der Waals surface area contributed by atoms with Crippen LogP contribution in [0.4, 0.5) is 0 Å². The zero-order valence-corrected chi connectivity index (χ0v) is 36.2. The molecule has 261 valence electrons. The Morgan fingerprint density at radius 1 is 0.638 bits per heavy atom. The molecule has 2 aromatic rings. The molecule has 3 aliphatic rings. The first-order valence-corrected chi connectivity index (χ1v) is 24.5. The number of phenolic OH excluding ortho intramolecular Hbond substituents is 2. The van der Waals surface area contributed by atoms with Crippen LogP contribution >= 0.6 is 23.5 Å². The number of ether oxygens (including phenoxy) is 1. The van der Waals surface area contributed by atoms with E-state index in [1.807, 2.05) is 0 Å². The molecule has 1 aliphatic heterocycles. The quantitative estimate of drug-likeness (QED) is 0.152. The van der Waals surface area contributed by atoms with Crippen molar-refractivity contribution < 1.29 is 40.8 Å². The van der Waals surface area contributed by atoms with Crippen LogP contribution in [-0.2, 0) is 41.4 Å². The van der Waals surface area contributed by atoms with Crippen LogP contribution in [0, 0.1) is 13.8 Å². The van der Waals surface area contributed by atoms with Crippen molar-refractivity contribution in [3.8, 4) is 11.5 Å². The van der Waals surface area contributed by atoms with Gasteiger partial charge in [0.2, 0.25) is 0 Å². The number of thioether (sulfide) groups is 2. The molecular formula is C38H62NO3S2ScSi2-. The van der Waals surface area contributed by atoms with Crippen LogP contribution in [0.5, 0.6) is 11.5 Å². The Hall–Kier alpha value is -0.0361. The normalized spacial score (nSPS) is 18.5. The van der Waals surface area contributed by atoms with Crippen molar-refractivity contribution >= 4 is 41.4 Å². The third-order valence-corrected chi connectivity index (χ3v) is 15.4. The van der Waals surface area contributed by atoms with E-state index in [4.69, 9.17) is 4.74 Å². The smallest absolute Gasteiger partial charge is 0.132 e. The topological polar surface area (TPSA) is 63.8 Å². The number of hydrogen-bond donors (Lipinski definition) is 2. The van der Waals surface area contributed by atoms with Gasteiger partial charge in [0.15, 0.2) is 0 Å². The van der Waals surface area contributed by atoms with Gasteiger partial charge in [0.1, 0.15) is 11.5 Å². The minimum Gasteiger partial charge on any atom is -0.673 e. The van der Waals surface area contributed by atoms with Crippen molar-refractivity contribution in [3.05, 3.63) is 51.2 Å². The molecule has 2 saturated carbocycles. The molecule has 0 atom stereocenters. The van der Waals surface area contributed by atoms with Crippen LogP contribution in [-0.4, -0.2) is 52.8 Å². The van der Waals surface area contributed by atoms with Gasteiger partial charge in [0.25, 0.3) is 0 Å². The molecule has 0 amide bonds. The Balaban J connectivity index is 0.000000498. The van der Waals surface area contributed by atoms with Crippen LogP contribution in [0.25, 0.3) is 4.65 Å². The Morgan fingerprint density at radius 2 is 1.00 bits per heavy atom. The Bertz CT molecular complexity index is 1120. The van der Waals surface area contributed by atoms with Gasteiger partial charge in [-0.15, -0.1) is 23.5 Å². The second kappa shape index (κ2) is 21.4. The third-order valence-electron chi connectivity index (χ3n) is 9.53. The molecular weight excluding hydrogens is 684 g/mol. The SMILES string of the molecule is C1CCOC1.C[Si](C)[N-][Si](C)C.Cc1cc(SCCSc2cc(C)cc(C3(C)CCCCC3)c2O)c(O)c(C2(C)CCCCC2)c1.[Sc]. The first kappa shape index (κ1) is 43.1. The summed E-state index contributed by atoms with van der Waals surface area (Å²) in [6.45, 7) is 19.8. The molecule has 3 radical (unpaired) electrons. The molecule has 0 bridgehead atoms. The third kappa shape index (κ3) is 13.9. The summed E-state index contributed by atoms with van der Waals surface area (Å²) in [7, 11) is -0.528. The van der Waals surface area contributed by atoms with E-state index < -0.39 is 0 Å². The van der Waals surface area contributed by atoms with Gasteiger partial charge < -0.3 is 19.6 Å². The van der Waals surface area contributed by atoms with E-state index in [-0.39, 0.29) is 54.6 Å². The summed E-state index contributed by atoms with van der Waals surface area (Å²) in [4.78, 5) is 2.01. The van der Waals surface area contributed by atoms with Gasteiger partial charge in [-0.1, -0.05) is 109 Å². The maximum absolute atomic E-state index is 11.2. The van der Waals surface area contributed by atoms with Gasteiger partial charge in [0.05, 0.1) is 0 Å². The fourth-order valence-electron chi connectivity index (χ4n) is 7.10. The van der Waals surface area contributed by atoms with Crippen LogP contribution in [0.1, 0.15) is 113 Å². The summed E-state index contributed by atoms with van der Waals surface area (Å²) in [6, 6.07) is 8.67. The van der Waals surface area contributed by atoms with Crippen molar-refractivity contribution in [2.75, 3.05) is 24.7 Å². The Labute approximate surface area is 318 Å². The average molecular weight is 746 g/mol. The number of rotatable bonds is 9. The monoisotopic (exact) mass is 745 g/mol. The minimum atomic E-state index is -0.264. The fourth-order valence-corrected chi connectivity index (χ4v) is 12.8. The van der Waals surface area contributed by atoms with Crippen molar-refractivity contribution in [1.82, 2.24) is 0 Å². The van der Waals surface area contributed by atoms with E-state index in [0.717, 1.165) is 71.3 Å². The molecule has 2 aromatic carbocycles. The summed E-state index contributed by atoms with van der Waals surface area (Å²) in [6.07, 6.45) is 14.9. The molecule has 9 heteroatoms. The van der Waals surface area contributed by atoms with E-state index in [1.54, 1.807) is 23.5 Å². The number of hydrogen-bond acceptors (Lipinski definition) is 5. The molecule has 1 heterocycles. The summed E-state index contributed by atoms with van der Waals surface area (Å²) in [5.74, 6) is 2.79. The summed E-state index contributed by atoms with van der Waals surface area (Å²) < 4.78 is 9.43. The predicted molar refractivity (Wildman–Crippen MR) is 206 cm³/mol. The molecule has 0 aromatic heterocycles. The van der Waals surface area contributed by atoms with Crippen LogP contribution in [0.3, 0.4) is 0 Å². The van der Waals surface area contributed by atoms with E-state index in [1.165, 1.54) is 62.5 Å². The molecule has 2 aliphatic carbocycles. The molecule has 0 unspecified atom stereocenters. The van der Waals surface area contributed by atoms with Crippen molar-refractivity contribution in [2.45, 2.75) is 152 Å². The van der Waals surface area contributed by atoms with Crippen molar-refractivity contribution in [2.24, 2.45) is 0 Å². The second-order valence-electron chi connectivity index (χ2n) is 14.6. The van der Waals surface area contributed by atoms with Gasteiger partial charge in [-0.25, -0.2) is 0 Å². The summed E-state index contributed by atoms with van der Waals surface area (Å²) >= 11 is 3.49. The predicted octanol–water partition coefficient (Wildman–Crippen LogP) is 11.7. The maximum atomic E-state index is 11.2. The van der Waals surface area contributed by atoms with Gasteiger partial charge >= 0.3 is 0 Å². The summed E-state index contributed by atoms with van der Waals surface area (Å²) in [5.41, 5.74) is 4.94. The number of benzene rings is 2. The van der Waals surface area contributed by atoms with Crippen LogP contribution in [0.2, 0.25) is 26.2 Å². The van der Waals surface area contributed by atoms with Crippen LogP contribution in [0.15, 0.2) is 34.1 Å². The molecule has 5 rings (SSSR count). The van der Waals surface area contributed by atoms with Gasteiger partial charge in [0, 0.05) is 71.5 Å². The largest absolute Gasteiger partial charge is 0.673 e. The van der Waals surface area contributed by atoms with Crippen molar-refractivity contribution in [1.29, 1.82) is 0 Å². The van der Waals surface area contributed by atoms with Gasteiger partial charge in [-0.05, 0) is 86.5 Å². The summed E-state index contributed by atoms with van der Waals surface area (Å²) in [5, 5.41) is 22.3. The standard InChI is InChI=1S/C30H42O2S2.C4H12NSi2.C4H8O.Sc/c1-21-17-23(29(3)11-7-5-8-12-29)27(31)25(19-21)33-15-16-34-26-20-22(2)18-24(28(26)32)30(4)13-9-6-10-14-30;1-6(2)5-7(3)4;1-2-4-5-3-1;/h17-20,31-32H,5-16H2,1-4H3;1-4H3;1-4H2;/q;-1;;. The molecule has 2 N–H and O–H groups in total. The van der Waals surface area contributed by atoms with Gasteiger partial charge in [-0.3, -0.25) is 0 Å². The average Bonchev–Trinajstić information content (AvgIpc) is 3.59. The first-order valence-electron chi connectivity index (χ1n) is 17.7. The maximum Gasteiger partial charge on any atom is 0.132 e. The molecule has 4 nitrogen and oxygen atoms in total. The Kier molecular flexibility index (Phi) is 19.6. The first-order chi connectivity index (χ1) is 21.8. The number of phenols is 2. The molecule has 1 saturated heterocycles. The number of aromatic hydroxyl groups is 2. The van der Waals surface area contributed by atoms with E-state index in [2.05, 4.69) is 82.8 Å². The van der Waals surface area contributed by atoms with Crippen molar-refractivity contribution in [3.63, 3.8) is 0 Å². The number of aryl methyl sites for hydroxylation is 2. The van der Waals surface area contributed by atoms with Gasteiger partial charge in [-0.2, -0.15) is 0 Å². The van der Waals surface area contributed by atoms with E-state index >= 15 is 0 Å². The number of nitrogens with zero attached hydrogens (tertiary/aromatic N) is 1. The Morgan fingerprint density at radius 3 is 1.28 bits per heavy atom. The zero-order valence-electron chi connectivity index (χ0n) is 30.8. The zero-order chi connectivity index (χ0) is 33.7. The molecule has 3 fully saturated rings. The van der Waals surface area contributed by atoms with E-state index in [9.17, 15) is 10.2 Å². The fraction of sp³-hybridized carbons (Fsp3) is 0.684. The molecule has 0 spiro atoms. The molecule has 47 heavy (non-hydrogen) atoms. The van der Waals surface area contributed by atoms with E-state index in [0.29, 0.717) is 11.5 Å².